The summed E-state index contributed by atoms with van der Waals surface area (Å²) < 4.78 is 0. The molecule has 1 aromatic rings. The summed E-state index contributed by atoms with van der Waals surface area (Å²) in [5, 5.41) is 11.2. The van der Waals surface area contributed by atoms with Crippen molar-refractivity contribution < 1.29 is 9.90 Å². The highest BCUT2D eigenvalue weighted by Gasteiger charge is 2.38. The summed E-state index contributed by atoms with van der Waals surface area (Å²) in [6, 6.07) is 0. The summed E-state index contributed by atoms with van der Waals surface area (Å²) in [5.41, 5.74) is 7.39. The number of anilines is 2. The maximum atomic E-state index is 11.7. The number of hydrogen-bond acceptors (Lipinski definition) is 5. The van der Waals surface area contributed by atoms with Crippen LogP contribution in [0.25, 0.3) is 0 Å². The topological polar surface area (TPSA) is 66.6 Å². The lowest BCUT2D eigenvalue weighted by molar-refractivity contribution is 0.0839. The first-order valence-corrected chi connectivity index (χ1v) is 7.61. The number of nitrogen functional groups attached to an aromatic ring is 1. The summed E-state index contributed by atoms with van der Waals surface area (Å²) in [5.74, 6) is 0.562. The van der Waals surface area contributed by atoms with E-state index in [1.165, 1.54) is 11.3 Å². The van der Waals surface area contributed by atoms with Crippen molar-refractivity contribution in [3.8, 4) is 0 Å². The predicted octanol–water partition coefficient (Wildman–Crippen LogP) is 2.37. The van der Waals surface area contributed by atoms with Gasteiger partial charge >= 0.3 is 0 Å². The second-order valence-corrected chi connectivity index (χ2v) is 7.06. The van der Waals surface area contributed by atoms with Gasteiger partial charge < -0.3 is 15.7 Å². The van der Waals surface area contributed by atoms with Crippen molar-refractivity contribution in [1.82, 2.24) is 0 Å². The number of carbonyl (C=O) groups excluding carboxylic acids is 1. The Bertz CT molecular complexity index is 532. The summed E-state index contributed by atoms with van der Waals surface area (Å²) in [6.45, 7) is 4.91. The van der Waals surface area contributed by atoms with E-state index in [9.17, 15) is 9.90 Å². The first-order valence-electron chi connectivity index (χ1n) is 6.79. The van der Waals surface area contributed by atoms with E-state index in [1.54, 1.807) is 6.92 Å². The van der Waals surface area contributed by atoms with E-state index >= 15 is 0 Å². The zero-order chi connectivity index (χ0) is 13.8. The molecule has 5 heteroatoms. The van der Waals surface area contributed by atoms with Crippen molar-refractivity contribution >= 4 is 27.8 Å². The lowest BCUT2D eigenvalue weighted by Gasteiger charge is -2.20. The number of nitrogens with two attached hydrogens (primary N) is 1. The van der Waals surface area contributed by atoms with Crippen LogP contribution >= 0.6 is 11.3 Å². The third-order valence-corrected chi connectivity index (χ3v) is 5.39. The zero-order valence-corrected chi connectivity index (χ0v) is 12.2. The number of nitrogens with zero attached hydrogens (tertiary/aromatic N) is 1. The Balaban J connectivity index is 2.01. The molecule has 1 aliphatic heterocycles. The van der Waals surface area contributed by atoms with Gasteiger partial charge in [0.2, 0.25) is 0 Å². The summed E-state index contributed by atoms with van der Waals surface area (Å²) in [7, 11) is 0. The monoisotopic (exact) mass is 280 g/mol. The van der Waals surface area contributed by atoms with Crippen molar-refractivity contribution in [2.75, 3.05) is 23.7 Å². The molecule has 1 aromatic heterocycles. The highest BCUT2D eigenvalue weighted by Crippen LogP contribution is 2.52. The quantitative estimate of drug-likeness (QED) is 0.834. The van der Waals surface area contributed by atoms with Crippen LogP contribution in [0.5, 0.6) is 0 Å². The highest BCUT2D eigenvalue weighted by molar-refractivity contribution is 7.18. The SMILES string of the molecule is CC(=O)c1sc(N2CCC(C)(O)C2)c(C2CC2)c1N. The van der Waals surface area contributed by atoms with Crippen LogP contribution in [-0.4, -0.2) is 29.6 Å². The zero-order valence-electron chi connectivity index (χ0n) is 11.4. The largest absolute Gasteiger partial charge is 0.397 e. The fourth-order valence-electron chi connectivity index (χ4n) is 2.83. The smallest absolute Gasteiger partial charge is 0.171 e. The molecule has 0 bridgehead atoms. The molecule has 0 spiro atoms. The summed E-state index contributed by atoms with van der Waals surface area (Å²) in [6.07, 6.45) is 3.09. The minimum Gasteiger partial charge on any atom is -0.397 e. The van der Waals surface area contributed by atoms with E-state index in [4.69, 9.17) is 5.73 Å². The number of Topliss-reactive ketones (excluding diaryl/α,β-unsaturated/α-hetero) is 1. The van der Waals surface area contributed by atoms with E-state index in [-0.39, 0.29) is 5.78 Å². The van der Waals surface area contributed by atoms with Gasteiger partial charge in [0.15, 0.2) is 5.78 Å². The summed E-state index contributed by atoms with van der Waals surface area (Å²) >= 11 is 1.50. The number of ketones is 1. The van der Waals surface area contributed by atoms with Crippen LogP contribution in [0.2, 0.25) is 0 Å². The Hall–Kier alpha value is -1.07. The Morgan fingerprint density at radius 2 is 2.21 bits per heavy atom. The Morgan fingerprint density at radius 1 is 1.53 bits per heavy atom. The third-order valence-electron chi connectivity index (χ3n) is 4.01. The fourth-order valence-corrected chi connectivity index (χ4v) is 4.05. The molecule has 2 aliphatic rings. The van der Waals surface area contributed by atoms with Crippen LogP contribution in [0.4, 0.5) is 10.7 Å². The second kappa shape index (κ2) is 4.21. The molecule has 3 rings (SSSR count). The third kappa shape index (κ3) is 2.25. The molecule has 19 heavy (non-hydrogen) atoms. The number of thiophene rings is 1. The van der Waals surface area contributed by atoms with Gasteiger partial charge in [0.05, 0.1) is 21.2 Å². The number of rotatable bonds is 3. The molecular formula is C14H20N2O2S. The van der Waals surface area contributed by atoms with Gasteiger partial charge in [-0.3, -0.25) is 4.79 Å². The minimum atomic E-state index is -0.629. The van der Waals surface area contributed by atoms with E-state index < -0.39 is 5.60 Å². The van der Waals surface area contributed by atoms with Crippen LogP contribution < -0.4 is 10.6 Å². The van der Waals surface area contributed by atoms with Crippen molar-refractivity contribution in [2.24, 2.45) is 0 Å². The molecule has 2 heterocycles. The van der Waals surface area contributed by atoms with Crippen LogP contribution in [-0.2, 0) is 0 Å². The minimum absolute atomic E-state index is 0.0432. The van der Waals surface area contributed by atoms with Gasteiger partial charge in [0, 0.05) is 25.6 Å². The molecule has 4 nitrogen and oxygen atoms in total. The van der Waals surface area contributed by atoms with Crippen molar-refractivity contribution in [2.45, 2.75) is 44.6 Å². The Kier molecular flexibility index (Phi) is 2.87. The average Bonchev–Trinajstić information content (AvgIpc) is 2.99. The Morgan fingerprint density at radius 3 is 2.68 bits per heavy atom. The molecule has 0 amide bonds. The van der Waals surface area contributed by atoms with E-state index in [2.05, 4.69) is 4.90 Å². The van der Waals surface area contributed by atoms with Crippen molar-refractivity contribution in [3.63, 3.8) is 0 Å². The molecule has 1 unspecified atom stereocenters. The number of aliphatic hydroxyl groups is 1. The average molecular weight is 280 g/mol. The van der Waals surface area contributed by atoms with Crippen LogP contribution in [0.15, 0.2) is 0 Å². The molecule has 1 aliphatic carbocycles. The van der Waals surface area contributed by atoms with Crippen molar-refractivity contribution in [3.05, 3.63) is 10.4 Å². The molecule has 0 radical (unpaired) electrons. The fraction of sp³-hybridized carbons (Fsp3) is 0.643. The van der Waals surface area contributed by atoms with Gasteiger partial charge in [0.1, 0.15) is 0 Å². The lowest BCUT2D eigenvalue weighted by atomic mass is 10.1. The highest BCUT2D eigenvalue weighted by atomic mass is 32.1. The maximum absolute atomic E-state index is 11.7. The van der Waals surface area contributed by atoms with Gasteiger partial charge in [-0.1, -0.05) is 0 Å². The van der Waals surface area contributed by atoms with Crippen LogP contribution in [0.1, 0.15) is 54.3 Å². The van der Waals surface area contributed by atoms with Crippen LogP contribution in [0.3, 0.4) is 0 Å². The molecule has 1 atom stereocenters. The van der Waals surface area contributed by atoms with Crippen LogP contribution in [0, 0.1) is 0 Å². The van der Waals surface area contributed by atoms with E-state index in [0.717, 1.165) is 36.4 Å². The van der Waals surface area contributed by atoms with Gasteiger partial charge in [-0.2, -0.15) is 0 Å². The predicted molar refractivity (Wildman–Crippen MR) is 78.2 cm³/mol. The standard InChI is InChI=1S/C14H20N2O2S/c1-8(17)12-11(15)10(9-3-4-9)13(19-12)16-6-5-14(2,18)7-16/h9,18H,3-7,15H2,1-2H3. The van der Waals surface area contributed by atoms with Gasteiger partial charge in [-0.25, -0.2) is 0 Å². The van der Waals surface area contributed by atoms with Gasteiger partial charge in [0.25, 0.3) is 0 Å². The van der Waals surface area contributed by atoms with Gasteiger partial charge in [-0.15, -0.1) is 11.3 Å². The number of hydrogen-bond donors (Lipinski definition) is 2. The first kappa shape index (κ1) is 12.9. The Labute approximate surface area is 117 Å². The van der Waals surface area contributed by atoms with Crippen molar-refractivity contribution in [1.29, 1.82) is 0 Å². The molecule has 0 aromatic carbocycles. The summed E-state index contributed by atoms with van der Waals surface area (Å²) in [4.78, 5) is 14.6. The molecular weight excluding hydrogens is 260 g/mol. The number of carbonyl (C=O) groups is 1. The first-order chi connectivity index (χ1) is 8.89. The maximum Gasteiger partial charge on any atom is 0.171 e. The van der Waals surface area contributed by atoms with E-state index in [1.807, 2.05) is 6.92 Å². The second-order valence-electron chi connectivity index (χ2n) is 6.06. The molecule has 2 fully saturated rings. The van der Waals surface area contributed by atoms with Gasteiger partial charge in [-0.05, 0) is 32.1 Å². The molecule has 1 saturated heterocycles. The normalized spacial score (nSPS) is 27.0. The number of β-amino-alcohol motifs (C(OH)–C–C–N with tert-alkyl or cyclic N) is 1. The molecule has 1 saturated carbocycles. The molecule has 104 valence electrons. The van der Waals surface area contributed by atoms with E-state index in [0.29, 0.717) is 23.0 Å². The lowest BCUT2D eigenvalue weighted by Crippen LogP contribution is -2.29. The molecule has 3 N–H and O–H groups in total.